The van der Waals surface area contributed by atoms with Gasteiger partial charge in [0.2, 0.25) is 0 Å². The lowest BCUT2D eigenvalue weighted by atomic mass is 10.3. The molecule has 1 unspecified atom stereocenters. The van der Waals surface area contributed by atoms with Crippen molar-refractivity contribution in [3.8, 4) is 0 Å². The van der Waals surface area contributed by atoms with Crippen molar-refractivity contribution in [1.29, 1.82) is 0 Å². The molecule has 1 amide bonds. The number of hydrogen-bond donors (Lipinski definition) is 2. The van der Waals surface area contributed by atoms with Crippen molar-refractivity contribution in [2.24, 2.45) is 0 Å². The zero-order valence-electron chi connectivity index (χ0n) is 11.2. The van der Waals surface area contributed by atoms with Gasteiger partial charge in [0.15, 0.2) is 0 Å². The van der Waals surface area contributed by atoms with E-state index in [-0.39, 0.29) is 12.0 Å². The first-order valence-electron chi connectivity index (χ1n) is 6.18. The number of anilines is 1. The smallest absolute Gasteiger partial charge is 0.269 e. The fraction of sp³-hybridized carbons (Fsp3) is 0.538. The number of nitrogens with zero attached hydrogens (tertiary/aromatic N) is 1. The Bertz CT molecular complexity index is 365. The summed E-state index contributed by atoms with van der Waals surface area (Å²) in [5, 5.41) is 5.97. The fourth-order valence-corrected chi connectivity index (χ4v) is 1.31. The number of carbonyl (C=O) groups is 1. The van der Waals surface area contributed by atoms with Gasteiger partial charge in [0.1, 0.15) is 5.69 Å². The molecule has 0 bridgehead atoms. The maximum Gasteiger partial charge on any atom is 0.269 e. The second kappa shape index (κ2) is 7.66. The summed E-state index contributed by atoms with van der Waals surface area (Å²) >= 11 is 0. The highest BCUT2D eigenvalue weighted by Crippen LogP contribution is 2.06. The molecule has 0 aliphatic rings. The van der Waals surface area contributed by atoms with Gasteiger partial charge in [-0.1, -0.05) is 6.92 Å². The molecule has 1 aromatic heterocycles. The van der Waals surface area contributed by atoms with E-state index in [1.807, 2.05) is 13.0 Å². The van der Waals surface area contributed by atoms with Crippen LogP contribution in [0.4, 0.5) is 5.69 Å². The number of pyridine rings is 1. The molecule has 0 aliphatic carbocycles. The van der Waals surface area contributed by atoms with E-state index in [1.165, 1.54) is 0 Å². The molecule has 0 radical (unpaired) electrons. The molecular weight excluding hydrogens is 230 g/mol. The molecular formula is C13H21N3O2. The van der Waals surface area contributed by atoms with Crippen molar-refractivity contribution < 1.29 is 9.53 Å². The number of nitrogens with one attached hydrogen (secondary N) is 2. The summed E-state index contributed by atoms with van der Waals surface area (Å²) in [6.45, 7) is 5.37. The minimum atomic E-state index is -0.180. The van der Waals surface area contributed by atoms with Gasteiger partial charge in [0.25, 0.3) is 5.91 Å². The predicted molar refractivity (Wildman–Crippen MR) is 71.8 cm³/mol. The monoisotopic (exact) mass is 251 g/mol. The average molecular weight is 251 g/mol. The van der Waals surface area contributed by atoms with Gasteiger partial charge in [0.05, 0.1) is 18.0 Å². The van der Waals surface area contributed by atoms with Gasteiger partial charge in [-0.15, -0.1) is 0 Å². The van der Waals surface area contributed by atoms with E-state index < -0.39 is 0 Å². The van der Waals surface area contributed by atoms with Crippen LogP contribution in [0.3, 0.4) is 0 Å². The lowest BCUT2D eigenvalue weighted by Crippen LogP contribution is -2.32. The van der Waals surface area contributed by atoms with E-state index in [0.29, 0.717) is 12.2 Å². The Hall–Kier alpha value is -1.62. The van der Waals surface area contributed by atoms with E-state index in [0.717, 1.165) is 18.7 Å². The lowest BCUT2D eigenvalue weighted by Gasteiger charge is -2.10. The summed E-state index contributed by atoms with van der Waals surface area (Å²) in [6, 6.07) is 3.57. The van der Waals surface area contributed by atoms with Crippen LogP contribution >= 0.6 is 0 Å². The Balaban J connectivity index is 2.48. The minimum absolute atomic E-state index is 0.000515. The van der Waals surface area contributed by atoms with E-state index in [2.05, 4.69) is 22.5 Å². The molecule has 2 N–H and O–H groups in total. The molecule has 1 aromatic rings. The van der Waals surface area contributed by atoms with E-state index in [9.17, 15) is 4.79 Å². The summed E-state index contributed by atoms with van der Waals surface area (Å²) in [5.41, 5.74) is 1.35. The highest BCUT2D eigenvalue weighted by Gasteiger charge is 2.08. The zero-order valence-corrected chi connectivity index (χ0v) is 11.2. The Morgan fingerprint density at radius 2 is 2.28 bits per heavy atom. The Labute approximate surface area is 108 Å². The topological polar surface area (TPSA) is 63.2 Å². The molecule has 0 spiro atoms. The van der Waals surface area contributed by atoms with Crippen molar-refractivity contribution in [2.75, 3.05) is 25.5 Å². The number of amides is 1. The van der Waals surface area contributed by atoms with Crippen molar-refractivity contribution >= 4 is 11.6 Å². The SMILES string of the molecule is CCCNc1ccc(C(=O)NCC(C)OC)nc1. The van der Waals surface area contributed by atoms with Crippen molar-refractivity contribution in [3.63, 3.8) is 0 Å². The molecule has 0 fully saturated rings. The normalized spacial score (nSPS) is 11.9. The zero-order chi connectivity index (χ0) is 13.4. The molecule has 0 aromatic carbocycles. The Kier molecular flexibility index (Phi) is 6.14. The minimum Gasteiger partial charge on any atom is -0.384 e. The van der Waals surface area contributed by atoms with Crippen LogP contribution in [0, 0.1) is 0 Å². The van der Waals surface area contributed by atoms with Gasteiger partial charge in [-0.2, -0.15) is 0 Å². The number of hydrogen-bond acceptors (Lipinski definition) is 4. The predicted octanol–water partition coefficient (Wildman–Crippen LogP) is 1.67. The molecule has 100 valence electrons. The van der Waals surface area contributed by atoms with E-state index >= 15 is 0 Å². The van der Waals surface area contributed by atoms with Crippen LogP contribution in [0.25, 0.3) is 0 Å². The summed E-state index contributed by atoms with van der Waals surface area (Å²) in [7, 11) is 1.61. The van der Waals surface area contributed by atoms with Gasteiger partial charge in [-0.25, -0.2) is 4.98 Å². The molecule has 0 saturated heterocycles. The maximum absolute atomic E-state index is 11.7. The Morgan fingerprint density at radius 1 is 1.50 bits per heavy atom. The summed E-state index contributed by atoms with van der Waals surface area (Å²) in [4.78, 5) is 15.9. The first-order valence-corrected chi connectivity index (χ1v) is 6.18. The second-order valence-corrected chi connectivity index (χ2v) is 4.12. The van der Waals surface area contributed by atoms with Gasteiger partial charge in [-0.05, 0) is 25.5 Å². The molecule has 18 heavy (non-hydrogen) atoms. The molecule has 1 atom stereocenters. The molecule has 0 aliphatic heterocycles. The van der Waals surface area contributed by atoms with Crippen LogP contribution in [-0.4, -0.2) is 37.2 Å². The largest absolute Gasteiger partial charge is 0.384 e. The van der Waals surface area contributed by atoms with Crippen LogP contribution in [0.5, 0.6) is 0 Å². The summed E-state index contributed by atoms with van der Waals surface area (Å²) < 4.78 is 5.05. The third-order valence-corrected chi connectivity index (χ3v) is 2.53. The third kappa shape index (κ3) is 4.71. The highest BCUT2D eigenvalue weighted by atomic mass is 16.5. The van der Waals surface area contributed by atoms with Crippen LogP contribution in [0.15, 0.2) is 18.3 Å². The number of methoxy groups -OCH3 is 1. The van der Waals surface area contributed by atoms with Gasteiger partial charge < -0.3 is 15.4 Å². The summed E-state index contributed by atoms with van der Waals surface area (Å²) in [5.74, 6) is -0.180. The first kappa shape index (κ1) is 14.4. The van der Waals surface area contributed by atoms with Gasteiger partial charge >= 0.3 is 0 Å². The average Bonchev–Trinajstić information content (AvgIpc) is 2.42. The number of aromatic nitrogens is 1. The van der Waals surface area contributed by atoms with Crippen molar-refractivity contribution in [1.82, 2.24) is 10.3 Å². The molecule has 1 heterocycles. The highest BCUT2D eigenvalue weighted by molar-refractivity contribution is 5.92. The van der Waals surface area contributed by atoms with E-state index in [1.54, 1.807) is 19.4 Å². The van der Waals surface area contributed by atoms with Crippen LogP contribution in [-0.2, 0) is 4.74 Å². The lowest BCUT2D eigenvalue weighted by molar-refractivity contribution is 0.0866. The van der Waals surface area contributed by atoms with Gasteiger partial charge in [0, 0.05) is 20.2 Å². The quantitative estimate of drug-likeness (QED) is 0.773. The van der Waals surface area contributed by atoms with Crippen LogP contribution in [0.1, 0.15) is 30.8 Å². The number of ether oxygens (including phenoxy) is 1. The molecule has 5 nitrogen and oxygen atoms in total. The molecule has 0 saturated carbocycles. The van der Waals surface area contributed by atoms with Crippen molar-refractivity contribution in [3.05, 3.63) is 24.0 Å². The number of carbonyl (C=O) groups excluding carboxylic acids is 1. The van der Waals surface area contributed by atoms with Crippen molar-refractivity contribution in [2.45, 2.75) is 26.4 Å². The fourth-order valence-electron chi connectivity index (χ4n) is 1.31. The van der Waals surface area contributed by atoms with Gasteiger partial charge in [-0.3, -0.25) is 4.79 Å². The molecule has 5 heteroatoms. The first-order chi connectivity index (χ1) is 8.67. The number of rotatable bonds is 7. The van der Waals surface area contributed by atoms with Crippen LogP contribution in [0.2, 0.25) is 0 Å². The third-order valence-electron chi connectivity index (χ3n) is 2.53. The standard InChI is InChI=1S/C13H21N3O2/c1-4-7-14-11-5-6-12(15-9-11)13(17)16-8-10(2)18-3/h5-6,9-10,14H,4,7-8H2,1-3H3,(H,16,17). The van der Waals surface area contributed by atoms with E-state index in [4.69, 9.17) is 4.74 Å². The summed E-state index contributed by atoms with van der Waals surface area (Å²) in [6.07, 6.45) is 2.72. The second-order valence-electron chi connectivity index (χ2n) is 4.12. The maximum atomic E-state index is 11.7. The Morgan fingerprint density at radius 3 is 2.83 bits per heavy atom. The van der Waals surface area contributed by atoms with Crippen LogP contribution < -0.4 is 10.6 Å². The molecule has 1 rings (SSSR count).